The van der Waals surface area contributed by atoms with Gasteiger partial charge in [-0.1, -0.05) is 54.4 Å². The third kappa shape index (κ3) is 10.7. The van der Waals surface area contributed by atoms with E-state index < -0.39 is 11.7 Å². The fourth-order valence-electron chi connectivity index (χ4n) is 3.14. The topological polar surface area (TPSA) is 64.6 Å². The molecule has 0 aliphatic rings. The summed E-state index contributed by atoms with van der Waals surface area (Å²) in [5.74, 6) is -0.276. The normalized spacial score (nSPS) is 13.9. The van der Waals surface area contributed by atoms with Crippen LogP contribution in [0.25, 0.3) is 0 Å². The second-order valence-electron chi connectivity index (χ2n) is 9.63. The van der Waals surface area contributed by atoms with Crippen molar-refractivity contribution < 1.29 is 19.1 Å². The molecule has 26 heavy (non-hydrogen) atoms. The Bertz CT molecular complexity index is 449. The first-order valence-electron chi connectivity index (χ1n) is 9.89. The van der Waals surface area contributed by atoms with Gasteiger partial charge in [-0.3, -0.25) is 4.79 Å². The highest BCUT2D eigenvalue weighted by atomic mass is 16.6. The number of alkyl carbamates (subject to hydrolysis) is 1. The van der Waals surface area contributed by atoms with Crippen molar-refractivity contribution in [3.05, 3.63) is 0 Å². The van der Waals surface area contributed by atoms with Gasteiger partial charge in [-0.25, -0.2) is 4.79 Å². The van der Waals surface area contributed by atoms with Gasteiger partial charge in [0.25, 0.3) is 0 Å². The molecule has 0 rings (SSSR count). The summed E-state index contributed by atoms with van der Waals surface area (Å²) in [6.45, 7) is 18.8. The lowest BCUT2D eigenvalue weighted by Crippen LogP contribution is -2.38. The number of hydrogen-bond donors (Lipinski definition) is 1. The Morgan fingerprint density at radius 1 is 1.00 bits per heavy atom. The Labute approximate surface area is 160 Å². The van der Waals surface area contributed by atoms with Gasteiger partial charge in [-0.2, -0.15) is 0 Å². The summed E-state index contributed by atoms with van der Waals surface area (Å²) >= 11 is 0. The van der Waals surface area contributed by atoms with Crippen LogP contribution >= 0.6 is 0 Å². The number of carbonyl (C=O) groups is 2. The Balaban J connectivity index is 4.61. The van der Waals surface area contributed by atoms with Crippen LogP contribution in [0.2, 0.25) is 0 Å². The molecule has 0 radical (unpaired) electrons. The fourth-order valence-corrected chi connectivity index (χ4v) is 3.14. The van der Waals surface area contributed by atoms with Crippen molar-refractivity contribution in [2.75, 3.05) is 6.54 Å². The second-order valence-corrected chi connectivity index (χ2v) is 9.63. The maximum atomic E-state index is 12.3. The number of rotatable bonds is 10. The molecule has 0 aliphatic carbocycles. The highest BCUT2D eigenvalue weighted by molar-refractivity contribution is 5.72. The summed E-state index contributed by atoms with van der Waals surface area (Å²) in [5.41, 5.74) is -0.434. The van der Waals surface area contributed by atoms with E-state index in [1.165, 1.54) is 0 Å². The van der Waals surface area contributed by atoms with Crippen molar-refractivity contribution in [2.45, 2.75) is 106 Å². The highest BCUT2D eigenvalue weighted by Gasteiger charge is 2.36. The van der Waals surface area contributed by atoms with Crippen molar-refractivity contribution in [3.63, 3.8) is 0 Å². The maximum absolute atomic E-state index is 12.3. The number of nitrogens with one attached hydrogen (secondary N) is 1. The lowest BCUT2D eigenvalue weighted by Gasteiger charge is -2.39. The zero-order valence-electron chi connectivity index (χ0n) is 18.5. The Hall–Kier alpha value is -1.26. The van der Waals surface area contributed by atoms with E-state index in [0.717, 1.165) is 25.7 Å². The highest BCUT2D eigenvalue weighted by Crippen LogP contribution is 2.40. The van der Waals surface area contributed by atoms with E-state index in [-0.39, 0.29) is 35.9 Å². The molecule has 5 heteroatoms. The molecule has 0 aliphatic heterocycles. The van der Waals surface area contributed by atoms with Gasteiger partial charge in [-0.15, -0.1) is 0 Å². The van der Waals surface area contributed by atoms with Gasteiger partial charge in [0.15, 0.2) is 0 Å². The average molecular weight is 372 g/mol. The Kier molecular flexibility index (Phi) is 9.68. The van der Waals surface area contributed by atoms with Crippen LogP contribution in [0.5, 0.6) is 0 Å². The van der Waals surface area contributed by atoms with Gasteiger partial charge in [-0.05, 0) is 39.0 Å². The van der Waals surface area contributed by atoms with Crippen LogP contribution in [-0.2, 0) is 14.3 Å². The average Bonchev–Trinajstić information content (AvgIpc) is 2.43. The molecule has 0 saturated carbocycles. The number of esters is 1. The summed E-state index contributed by atoms with van der Waals surface area (Å²) in [7, 11) is 0. The van der Waals surface area contributed by atoms with Crippen LogP contribution in [0.4, 0.5) is 4.79 Å². The van der Waals surface area contributed by atoms with Gasteiger partial charge in [0.1, 0.15) is 11.7 Å². The van der Waals surface area contributed by atoms with Crippen molar-refractivity contribution in [1.29, 1.82) is 0 Å². The number of hydrogen-bond acceptors (Lipinski definition) is 4. The largest absolute Gasteiger partial charge is 0.462 e. The predicted octanol–water partition coefficient (Wildman–Crippen LogP) is 5.47. The third-order valence-corrected chi connectivity index (χ3v) is 4.58. The quantitative estimate of drug-likeness (QED) is 0.517. The van der Waals surface area contributed by atoms with Crippen LogP contribution in [-0.4, -0.2) is 30.3 Å². The van der Waals surface area contributed by atoms with Crippen LogP contribution in [0, 0.1) is 10.8 Å². The summed E-state index contributed by atoms with van der Waals surface area (Å²) in [4.78, 5) is 23.9. The van der Waals surface area contributed by atoms with Crippen molar-refractivity contribution in [1.82, 2.24) is 5.32 Å². The van der Waals surface area contributed by atoms with Crippen LogP contribution < -0.4 is 5.32 Å². The lowest BCUT2D eigenvalue weighted by atomic mass is 9.70. The minimum Gasteiger partial charge on any atom is -0.462 e. The first kappa shape index (κ1) is 24.7. The van der Waals surface area contributed by atoms with E-state index in [1.807, 2.05) is 0 Å². The summed E-state index contributed by atoms with van der Waals surface area (Å²) in [5, 5.41) is 2.60. The molecule has 0 bridgehead atoms. The molecule has 0 fully saturated rings. The van der Waals surface area contributed by atoms with Gasteiger partial charge in [0, 0.05) is 12.0 Å². The SMILES string of the molecule is CCCC(OC(=O)CCNC(=O)OC(C)(C)C)C(C)(C)CC(C)(C)CC. The Morgan fingerprint density at radius 3 is 2.04 bits per heavy atom. The van der Waals surface area contributed by atoms with E-state index >= 15 is 0 Å². The molecule has 5 nitrogen and oxygen atoms in total. The molecule has 1 N–H and O–H groups in total. The predicted molar refractivity (Wildman–Crippen MR) is 106 cm³/mol. The standard InChI is InChI=1S/C21H41NO4/c1-10-12-16(21(8,9)15-20(6,7)11-2)25-17(23)13-14-22-18(24)26-19(3,4)5/h16H,10-15H2,1-9H3,(H,22,24). The van der Waals surface area contributed by atoms with E-state index in [0.29, 0.717) is 0 Å². The van der Waals surface area contributed by atoms with Crippen LogP contribution in [0.3, 0.4) is 0 Å². The first-order chi connectivity index (χ1) is 11.7. The minimum atomic E-state index is -0.549. The van der Waals surface area contributed by atoms with Gasteiger partial charge in [0.05, 0.1) is 6.42 Å². The summed E-state index contributed by atoms with van der Waals surface area (Å²) in [6.07, 6.45) is 3.40. The van der Waals surface area contributed by atoms with E-state index in [1.54, 1.807) is 20.8 Å². The molecule has 0 spiro atoms. The second kappa shape index (κ2) is 10.2. The van der Waals surface area contributed by atoms with E-state index in [9.17, 15) is 9.59 Å². The number of amides is 1. The summed E-state index contributed by atoms with van der Waals surface area (Å²) in [6, 6.07) is 0. The van der Waals surface area contributed by atoms with Crippen molar-refractivity contribution in [3.8, 4) is 0 Å². The number of carbonyl (C=O) groups excluding carboxylic acids is 2. The molecular weight excluding hydrogens is 330 g/mol. The maximum Gasteiger partial charge on any atom is 0.407 e. The molecule has 1 unspecified atom stereocenters. The van der Waals surface area contributed by atoms with Gasteiger partial charge >= 0.3 is 12.1 Å². The molecule has 154 valence electrons. The monoisotopic (exact) mass is 371 g/mol. The zero-order chi connectivity index (χ0) is 20.6. The molecule has 1 amide bonds. The zero-order valence-corrected chi connectivity index (χ0v) is 18.5. The van der Waals surface area contributed by atoms with Crippen molar-refractivity contribution in [2.24, 2.45) is 10.8 Å². The van der Waals surface area contributed by atoms with E-state index in [2.05, 4.69) is 46.9 Å². The fraction of sp³-hybridized carbons (Fsp3) is 0.905. The summed E-state index contributed by atoms with van der Waals surface area (Å²) < 4.78 is 11.0. The smallest absolute Gasteiger partial charge is 0.407 e. The molecular formula is C21H41NO4. The van der Waals surface area contributed by atoms with Crippen molar-refractivity contribution >= 4 is 12.1 Å². The minimum absolute atomic E-state index is 0.0935. The molecule has 0 saturated heterocycles. The Morgan fingerprint density at radius 2 is 1.58 bits per heavy atom. The molecule has 0 heterocycles. The molecule has 0 aromatic heterocycles. The van der Waals surface area contributed by atoms with Crippen LogP contribution in [0.1, 0.15) is 94.4 Å². The van der Waals surface area contributed by atoms with Crippen LogP contribution in [0.15, 0.2) is 0 Å². The molecule has 1 atom stereocenters. The molecule has 0 aromatic rings. The third-order valence-electron chi connectivity index (χ3n) is 4.58. The molecule has 0 aromatic carbocycles. The van der Waals surface area contributed by atoms with E-state index in [4.69, 9.17) is 9.47 Å². The number of ether oxygens (including phenoxy) is 2. The lowest BCUT2D eigenvalue weighted by molar-refractivity contribution is -0.157. The van der Waals surface area contributed by atoms with Gasteiger partial charge < -0.3 is 14.8 Å². The first-order valence-corrected chi connectivity index (χ1v) is 9.89. The van der Waals surface area contributed by atoms with Gasteiger partial charge in [0.2, 0.25) is 0 Å².